The van der Waals surface area contributed by atoms with E-state index in [1.807, 2.05) is 12.1 Å². The minimum absolute atomic E-state index is 0.162. The number of rotatable bonds is 5. The van der Waals surface area contributed by atoms with Crippen molar-refractivity contribution in [2.24, 2.45) is 5.92 Å². The molecule has 0 radical (unpaired) electrons. The van der Waals surface area contributed by atoms with Gasteiger partial charge in [0.05, 0.1) is 12.1 Å². The smallest absolute Gasteiger partial charge is 0.253 e. The van der Waals surface area contributed by atoms with Crippen LogP contribution in [0, 0.1) is 11.7 Å². The van der Waals surface area contributed by atoms with Gasteiger partial charge in [-0.2, -0.15) is 0 Å². The third-order valence-electron chi connectivity index (χ3n) is 6.76. The van der Waals surface area contributed by atoms with E-state index in [4.69, 9.17) is 9.47 Å². The molecule has 180 valence electrons. The number of aromatic amines is 1. The number of hydrogen-bond acceptors (Lipinski definition) is 7. The lowest BCUT2D eigenvalue weighted by atomic mass is 9.95. The topological polar surface area (TPSA) is 98.2 Å². The fourth-order valence-corrected chi connectivity index (χ4v) is 5.06. The highest BCUT2D eigenvalue weighted by Crippen LogP contribution is 2.37. The molecule has 1 saturated heterocycles. The highest BCUT2D eigenvalue weighted by Gasteiger charge is 2.33. The summed E-state index contributed by atoms with van der Waals surface area (Å²) in [4.78, 5) is 18.7. The maximum Gasteiger partial charge on any atom is 0.253 e. The molecule has 2 aromatic carbocycles. The van der Waals surface area contributed by atoms with Crippen molar-refractivity contribution in [2.75, 3.05) is 19.9 Å². The second-order valence-corrected chi connectivity index (χ2v) is 9.31. The van der Waals surface area contributed by atoms with Gasteiger partial charge in [-0.05, 0) is 65.6 Å². The Bertz CT molecular complexity index is 1430. The van der Waals surface area contributed by atoms with Gasteiger partial charge in [0.15, 0.2) is 17.3 Å². The highest BCUT2D eigenvalue weighted by atomic mass is 19.1. The van der Waals surface area contributed by atoms with Gasteiger partial charge in [-0.15, -0.1) is 5.10 Å². The lowest BCUT2D eigenvalue weighted by Gasteiger charge is -2.36. The number of hydrogen-bond donors (Lipinski definition) is 1. The lowest BCUT2D eigenvalue weighted by molar-refractivity contribution is 0.141. The summed E-state index contributed by atoms with van der Waals surface area (Å²) in [6.45, 7) is 4.40. The van der Waals surface area contributed by atoms with Crippen LogP contribution in [-0.4, -0.2) is 50.0 Å². The molecular weight excluding hydrogens is 451 g/mol. The van der Waals surface area contributed by atoms with Gasteiger partial charge in [-0.25, -0.2) is 9.07 Å². The summed E-state index contributed by atoms with van der Waals surface area (Å²) in [6.07, 6.45) is 2.17. The number of H-pyrrole nitrogens is 1. The van der Waals surface area contributed by atoms with Gasteiger partial charge < -0.3 is 14.5 Å². The van der Waals surface area contributed by atoms with E-state index in [1.54, 1.807) is 22.9 Å². The molecule has 4 aromatic rings. The lowest BCUT2D eigenvalue weighted by Crippen LogP contribution is -2.41. The first kappa shape index (κ1) is 21.7. The predicted molar refractivity (Wildman–Crippen MR) is 126 cm³/mol. The van der Waals surface area contributed by atoms with Crippen LogP contribution in [-0.2, 0) is 6.54 Å². The number of nitrogens with one attached hydrogen (secondary N) is 1. The van der Waals surface area contributed by atoms with Crippen LogP contribution < -0.4 is 15.0 Å². The van der Waals surface area contributed by atoms with E-state index in [9.17, 15) is 9.18 Å². The normalized spacial score (nSPS) is 18.7. The summed E-state index contributed by atoms with van der Waals surface area (Å²) in [5.41, 5.74) is 1.92. The number of fused-ring (bicyclic) bond motifs is 2. The van der Waals surface area contributed by atoms with E-state index >= 15 is 0 Å². The quantitative estimate of drug-likeness (QED) is 0.472. The third-order valence-corrected chi connectivity index (χ3v) is 6.76. The van der Waals surface area contributed by atoms with Crippen molar-refractivity contribution in [3.63, 3.8) is 0 Å². The van der Waals surface area contributed by atoms with E-state index < -0.39 is 6.04 Å². The third kappa shape index (κ3) is 4.14. The second kappa shape index (κ2) is 8.77. The highest BCUT2D eigenvalue weighted by molar-refractivity contribution is 5.83. The van der Waals surface area contributed by atoms with E-state index in [-0.39, 0.29) is 18.2 Å². The molecule has 2 aliphatic rings. The van der Waals surface area contributed by atoms with Crippen LogP contribution in [0.5, 0.6) is 11.5 Å². The average Bonchev–Trinajstić information content (AvgIpc) is 3.49. The Labute approximate surface area is 200 Å². The summed E-state index contributed by atoms with van der Waals surface area (Å²) in [5, 5.41) is 13.4. The Morgan fingerprint density at radius 2 is 1.97 bits per heavy atom. The first-order valence-corrected chi connectivity index (χ1v) is 11.8. The van der Waals surface area contributed by atoms with E-state index in [0.717, 1.165) is 36.9 Å². The SMILES string of the molecule is C[C@H]1CCCN([C@@H](c2cc3cc4c(cc3[nH]c2=O)OCO4)c2nnnn2Cc2ccc(F)cc2)C1. The summed E-state index contributed by atoms with van der Waals surface area (Å²) >= 11 is 0. The number of aromatic nitrogens is 5. The molecule has 1 N–H and O–H groups in total. The number of tetrazole rings is 1. The van der Waals surface area contributed by atoms with Crippen LogP contribution in [0.4, 0.5) is 4.39 Å². The molecule has 0 unspecified atom stereocenters. The van der Waals surface area contributed by atoms with E-state index in [2.05, 4.69) is 32.3 Å². The monoisotopic (exact) mass is 476 g/mol. The van der Waals surface area contributed by atoms with Crippen LogP contribution in [0.3, 0.4) is 0 Å². The molecule has 0 amide bonds. The number of pyridine rings is 1. The molecule has 2 aromatic heterocycles. The number of likely N-dealkylation sites (tertiary alicyclic amines) is 1. The Hall–Kier alpha value is -3.79. The Kier molecular flexibility index (Phi) is 5.44. The summed E-state index contributed by atoms with van der Waals surface area (Å²) in [7, 11) is 0. The molecule has 2 atom stereocenters. The van der Waals surface area contributed by atoms with Crippen molar-refractivity contribution in [1.82, 2.24) is 30.1 Å². The zero-order valence-corrected chi connectivity index (χ0v) is 19.3. The van der Waals surface area contributed by atoms with Crippen molar-refractivity contribution in [3.8, 4) is 11.5 Å². The molecule has 2 aliphatic heterocycles. The molecule has 1 fully saturated rings. The maximum atomic E-state index is 13.4. The minimum atomic E-state index is -0.438. The zero-order valence-electron chi connectivity index (χ0n) is 19.3. The van der Waals surface area contributed by atoms with Gasteiger partial charge in [0.2, 0.25) is 6.79 Å². The number of benzene rings is 2. The minimum Gasteiger partial charge on any atom is -0.454 e. The zero-order chi connectivity index (χ0) is 23.9. The molecule has 10 heteroatoms. The summed E-state index contributed by atoms with van der Waals surface area (Å²) < 4.78 is 26.1. The fourth-order valence-electron chi connectivity index (χ4n) is 5.06. The first-order chi connectivity index (χ1) is 17.0. The molecule has 0 aliphatic carbocycles. The average molecular weight is 477 g/mol. The predicted octanol–water partition coefficient (Wildman–Crippen LogP) is 3.25. The van der Waals surface area contributed by atoms with Gasteiger partial charge in [-0.1, -0.05) is 19.1 Å². The number of halogens is 1. The molecule has 0 saturated carbocycles. The van der Waals surface area contributed by atoms with Crippen LogP contribution in [0.2, 0.25) is 0 Å². The van der Waals surface area contributed by atoms with Crippen molar-refractivity contribution in [2.45, 2.75) is 32.4 Å². The van der Waals surface area contributed by atoms with Crippen LogP contribution >= 0.6 is 0 Å². The standard InChI is InChI=1S/C25H25FN6O3/c1-15-3-2-8-31(12-15)23(24-28-29-30-32(24)13-16-4-6-18(26)7-5-16)19-9-17-10-21-22(35-14-34-21)11-20(17)27-25(19)33/h4-7,9-11,15,23H,2-3,8,12-14H2,1H3,(H,27,33)/t15-,23-/m0/s1. The molecule has 0 spiro atoms. The first-order valence-electron chi connectivity index (χ1n) is 11.8. The van der Waals surface area contributed by atoms with E-state index in [1.165, 1.54) is 12.1 Å². The molecule has 35 heavy (non-hydrogen) atoms. The Morgan fingerprint density at radius 1 is 1.17 bits per heavy atom. The van der Waals surface area contributed by atoms with Crippen LogP contribution in [0.1, 0.15) is 42.8 Å². The summed E-state index contributed by atoms with van der Waals surface area (Å²) in [6, 6.07) is 11.4. The Balaban J connectivity index is 1.46. The van der Waals surface area contributed by atoms with Gasteiger partial charge in [0, 0.05) is 23.6 Å². The van der Waals surface area contributed by atoms with Crippen molar-refractivity contribution in [1.29, 1.82) is 0 Å². The van der Waals surface area contributed by atoms with Gasteiger partial charge in [0.1, 0.15) is 11.9 Å². The number of nitrogens with zero attached hydrogens (tertiary/aromatic N) is 5. The van der Waals surface area contributed by atoms with Crippen LogP contribution in [0.15, 0.2) is 47.3 Å². The fraction of sp³-hybridized carbons (Fsp3) is 0.360. The van der Waals surface area contributed by atoms with Crippen LogP contribution in [0.25, 0.3) is 10.9 Å². The van der Waals surface area contributed by atoms with Crippen molar-refractivity contribution >= 4 is 10.9 Å². The number of ether oxygens (including phenoxy) is 2. The largest absolute Gasteiger partial charge is 0.454 e. The molecule has 4 heterocycles. The maximum absolute atomic E-state index is 13.4. The van der Waals surface area contributed by atoms with Crippen molar-refractivity contribution < 1.29 is 13.9 Å². The molecule has 6 rings (SSSR count). The van der Waals surface area contributed by atoms with Crippen molar-refractivity contribution in [3.05, 3.63) is 75.6 Å². The number of piperidine rings is 1. The molecule has 0 bridgehead atoms. The van der Waals surface area contributed by atoms with Gasteiger partial charge >= 0.3 is 0 Å². The molecule has 9 nitrogen and oxygen atoms in total. The summed E-state index contributed by atoms with van der Waals surface area (Å²) in [5.74, 6) is 2.04. The second-order valence-electron chi connectivity index (χ2n) is 9.31. The Morgan fingerprint density at radius 3 is 2.77 bits per heavy atom. The van der Waals surface area contributed by atoms with E-state index in [0.29, 0.717) is 40.9 Å². The van der Waals surface area contributed by atoms with Gasteiger partial charge in [0.25, 0.3) is 5.56 Å². The molecular formula is C25H25FN6O3. The van der Waals surface area contributed by atoms with Gasteiger partial charge in [-0.3, -0.25) is 9.69 Å².